The van der Waals surface area contributed by atoms with Crippen LogP contribution in [0, 0.1) is 0 Å². The molecule has 1 aliphatic heterocycles. The molecular weight excluding hydrogens is 252 g/mol. The van der Waals surface area contributed by atoms with Crippen molar-refractivity contribution in [3.05, 3.63) is 35.6 Å². The van der Waals surface area contributed by atoms with E-state index in [1.807, 2.05) is 18.2 Å². The van der Waals surface area contributed by atoms with E-state index in [1.165, 1.54) is 0 Å². The number of rotatable bonds is 4. The standard InChI is InChI=1S/C16H22N2O2/c1-11-14(7-8-19-11)18(2)10-16-13(9-17)12-5-3-4-6-15(12)20-16/h3-6,11,14H,7-10,17H2,1-2H3. The Balaban J connectivity index is 1.86. The predicted molar refractivity (Wildman–Crippen MR) is 79.4 cm³/mol. The molecule has 1 fully saturated rings. The van der Waals surface area contributed by atoms with Gasteiger partial charge in [-0.2, -0.15) is 0 Å². The van der Waals surface area contributed by atoms with E-state index in [0.717, 1.165) is 41.9 Å². The van der Waals surface area contributed by atoms with Crippen molar-refractivity contribution in [3.8, 4) is 0 Å². The molecule has 108 valence electrons. The molecule has 20 heavy (non-hydrogen) atoms. The van der Waals surface area contributed by atoms with Gasteiger partial charge in [-0.25, -0.2) is 0 Å². The summed E-state index contributed by atoms with van der Waals surface area (Å²) in [5.74, 6) is 0.982. The number of para-hydroxylation sites is 1. The zero-order valence-corrected chi connectivity index (χ0v) is 12.1. The van der Waals surface area contributed by atoms with Crippen LogP contribution in [0.5, 0.6) is 0 Å². The van der Waals surface area contributed by atoms with Crippen molar-refractivity contribution in [2.45, 2.75) is 38.6 Å². The van der Waals surface area contributed by atoms with Crippen LogP contribution >= 0.6 is 0 Å². The van der Waals surface area contributed by atoms with E-state index in [0.29, 0.717) is 12.6 Å². The first-order valence-electron chi connectivity index (χ1n) is 7.22. The van der Waals surface area contributed by atoms with Crippen LogP contribution in [0.1, 0.15) is 24.7 Å². The van der Waals surface area contributed by atoms with E-state index < -0.39 is 0 Å². The van der Waals surface area contributed by atoms with Crippen LogP contribution in [-0.4, -0.2) is 30.7 Å². The third kappa shape index (κ3) is 2.35. The van der Waals surface area contributed by atoms with E-state index in [-0.39, 0.29) is 6.10 Å². The molecule has 2 N–H and O–H groups in total. The average molecular weight is 274 g/mol. The Morgan fingerprint density at radius 1 is 1.35 bits per heavy atom. The van der Waals surface area contributed by atoms with E-state index in [1.54, 1.807) is 0 Å². The molecule has 4 nitrogen and oxygen atoms in total. The predicted octanol–water partition coefficient (Wildman–Crippen LogP) is 2.50. The van der Waals surface area contributed by atoms with Gasteiger partial charge in [0.1, 0.15) is 11.3 Å². The highest BCUT2D eigenvalue weighted by molar-refractivity contribution is 5.82. The number of hydrogen-bond acceptors (Lipinski definition) is 4. The highest BCUT2D eigenvalue weighted by atomic mass is 16.5. The van der Waals surface area contributed by atoms with Gasteiger partial charge < -0.3 is 14.9 Å². The van der Waals surface area contributed by atoms with Crippen LogP contribution in [0.2, 0.25) is 0 Å². The van der Waals surface area contributed by atoms with Crippen molar-refractivity contribution in [2.24, 2.45) is 5.73 Å². The van der Waals surface area contributed by atoms with Gasteiger partial charge in [-0.3, -0.25) is 4.90 Å². The molecule has 3 rings (SSSR count). The van der Waals surface area contributed by atoms with Crippen LogP contribution in [0.25, 0.3) is 11.0 Å². The molecule has 0 bridgehead atoms. The van der Waals surface area contributed by atoms with Crippen molar-refractivity contribution in [1.29, 1.82) is 0 Å². The van der Waals surface area contributed by atoms with Crippen molar-refractivity contribution in [3.63, 3.8) is 0 Å². The first-order chi connectivity index (χ1) is 9.70. The lowest BCUT2D eigenvalue weighted by atomic mass is 10.1. The minimum Gasteiger partial charge on any atom is -0.459 e. The summed E-state index contributed by atoms with van der Waals surface area (Å²) < 4.78 is 11.6. The molecule has 4 heteroatoms. The van der Waals surface area contributed by atoms with Gasteiger partial charge in [0.05, 0.1) is 12.6 Å². The molecule has 1 saturated heterocycles. The number of nitrogens with zero attached hydrogens (tertiary/aromatic N) is 1. The monoisotopic (exact) mass is 274 g/mol. The molecule has 1 aromatic heterocycles. The maximum absolute atomic E-state index is 5.99. The summed E-state index contributed by atoms with van der Waals surface area (Å²) in [5, 5.41) is 1.13. The summed E-state index contributed by atoms with van der Waals surface area (Å²) in [6.07, 6.45) is 1.36. The van der Waals surface area contributed by atoms with Gasteiger partial charge in [-0.05, 0) is 26.5 Å². The van der Waals surface area contributed by atoms with Crippen molar-refractivity contribution >= 4 is 11.0 Å². The summed E-state index contributed by atoms with van der Waals surface area (Å²) in [7, 11) is 2.13. The Morgan fingerprint density at radius 3 is 2.85 bits per heavy atom. The summed E-state index contributed by atoms with van der Waals surface area (Å²) in [6, 6.07) is 8.54. The molecule has 2 aromatic rings. The first kappa shape index (κ1) is 13.6. The van der Waals surface area contributed by atoms with E-state index in [4.69, 9.17) is 14.9 Å². The fraction of sp³-hybridized carbons (Fsp3) is 0.500. The third-order valence-corrected chi connectivity index (χ3v) is 4.28. The molecule has 1 aromatic carbocycles. The smallest absolute Gasteiger partial charge is 0.134 e. The highest BCUT2D eigenvalue weighted by Gasteiger charge is 2.29. The first-order valence-corrected chi connectivity index (χ1v) is 7.22. The average Bonchev–Trinajstić information content (AvgIpc) is 3.01. The van der Waals surface area contributed by atoms with Crippen molar-refractivity contribution in [2.75, 3.05) is 13.7 Å². The lowest BCUT2D eigenvalue weighted by Crippen LogP contribution is -2.36. The zero-order valence-electron chi connectivity index (χ0n) is 12.1. The number of fused-ring (bicyclic) bond motifs is 1. The SMILES string of the molecule is CC1OCCC1N(C)Cc1oc2ccccc2c1CN. The quantitative estimate of drug-likeness (QED) is 0.930. The maximum atomic E-state index is 5.99. The molecule has 1 aliphatic rings. The van der Waals surface area contributed by atoms with Gasteiger partial charge in [-0.15, -0.1) is 0 Å². The number of hydrogen-bond donors (Lipinski definition) is 1. The summed E-state index contributed by atoms with van der Waals surface area (Å²) in [5.41, 5.74) is 7.96. The van der Waals surface area contributed by atoms with Gasteiger partial charge in [-0.1, -0.05) is 18.2 Å². The lowest BCUT2D eigenvalue weighted by Gasteiger charge is -2.25. The Kier molecular flexibility index (Phi) is 3.78. The highest BCUT2D eigenvalue weighted by Crippen LogP contribution is 2.28. The lowest BCUT2D eigenvalue weighted by molar-refractivity contribution is 0.0792. The van der Waals surface area contributed by atoms with Crippen LogP contribution in [0.15, 0.2) is 28.7 Å². The minimum atomic E-state index is 0.283. The van der Waals surface area contributed by atoms with Gasteiger partial charge in [0.15, 0.2) is 0 Å². The van der Waals surface area contributed by atoms with Gasteiger partial charge in [0.25, 0.3) is 0 Å². The minimum absolute atomic E-state index is 0.283. The normalized spacial score (nSPS) is 23.0. The number of nitrogens with two attached hydrogens (primary N) is 1. The summed E-state index contributed by atoms with van der Waals surface area (Å²) in [4.78, 5) is 2.31. The van der Waals surface area contributed by atoms with E-state index in [9.17, 15) is 0 Å². The van der Waals surface area contributed by atoms with Crippen molar-refractivity contribution in [1.82, 2.24) is 4.90 Å². The van der Waals surface area contributed by atoms with Crippen LogP contribution in [-0.2, 0) is 17.8 Å². The van der Waals surface area contributed by atoms with Gasteiger partial charge >= 0.3 is 0 Å². The molecule has 2 heterocycles. The molecule has 2 unspecified atom stereocenters. The van der Waals surface area contributed by atoms with Crippen LogP contribution in [0.4, 0.5) is 0 Å². The molecular formula is C16H22N2O2. The topological polar surface area (TPSA) is 51.6 Å². The second kappa shape index (κ2) is 5.56. The number of likely N-dealkylation sites (N-methyl/N-ethyl adjacent to an activating group) is 1. The van der Waals surface area contributed by atoms with E-state index in [2.05, 4.69) is 24.9 Å². The maximum Gasteiger partial charge on any atom is 0.134 e. The van der Waals surface area contributed by atoms with E-state index >= 15 is 0 Å². The molecule has 0 radical (unpaired) electrons. The number of ether oxygens (including phenoxy) is 1. The Hall–Kier alpha value is -1.36. The Labute approximate surface area is 119 Å². The van der Waals surface area contributed by atoms with Crippen LogP contribution < -0.4 is 5.73 Å². The van der Waals surface area contributed by atoms with Crippen molar-refractivity contribution < 1.29 is 9.15 Å². The fourth-order valence-electron chi connectivity index (χ4n) is 3.14. The summed E-state index contributed by atoms with van der Waals surface area (Å²) in [6.45, 7) is 4.27. The second-order valence-electron chi connectivity index (χ2n) is 5.55. The molecule has 0 aliphatic carbocycles. The van der Waals surface area contributed by atoms with Gasteiger partial charge in [0.2, 0.25) is 0 Å². The number of furan rings is 1. The Morgan fingerprint density at radius 2 is 2.15 bits per heavy atom. The van der Waals surface area contributed by atoms with Crippen LogP contribution in [0.3, 0.4) is 0 Å². The molecule has 0 saturated carbocycles. The number of benzene rings is 1. The molecule has 2 atom stereocenters. The third-order valence-electron chi connectivity index (χ3n) is 4.28. The molecule has 0 spiro atoms. The largest absolute Gasteiger partial charge is 0.459 e. The summed E-state index contributed by atoms with van der Waals surface area (Å²) >= 11 is 0. The second-order valence-corrected chi connectivity index (χ2v) is 5.55. The molecule has 0 amide bonds. The Bertz CT molecular complexity index is 593. The van der Waals surface area contributed by atoms with Gasteiger partial charge in [0, 0.05) is 30.1 Å². The fourth-order valence-corrected chi connectivity index (χ4v) is 3.14. The zero-order chi connectivity index (χ0) is 14.1.